The molecule has 0 radical (unpaired) electrons. The highest BCUT2D eigenvalue weighted by atomic mass is 32.1. The molecule has 1 aromatic heterocycles. The second-order valence-electron chi connectivity index (χ2n) is 6.39. The van der Waals surface area contributed by atoms with Crippen LogP contribution in [0.5, 0.6) is 0 Å². The smallest absolute Gasteiger partial charge is 0.275 e. The van der Waals surface area contributed by atoms with Gasteiger partial charge in [0.25, 0.3) is 5.91 Å². The van der Waals surface area contributed by atoms with E-state index in [4.69, 9.17) is 9.57 Å². The van der Waals surface area contributed by atoms with Crippen LogP contribution >= 0.6 is 11.3 Å². The van der Waals surface area contributed by atoms with Gasteiger partial charge in [-0.1, -0.05) is 6.07 Å². The molecule has 3 fully saturated rings. The minimum Gasteiger partial charge on any atom is -0.363 e. The highest BCUT2D eigenvalue weighted by Gasteiger charge is 2.43. The third-order valence-electron chi connectivity index (χ3n) is 4.87. The number of carbonyl (C=O) groups excluding carboxylic acids is 1. The van der Waals surface area contributed by atoms with Gasteiger partial charge in [-0.2, -0.15) is 0 Å². The van der Waals surface area contributed by atoms with Crippen molar-refractivity contribution in [3.63, 3.8) is 0 Å². The molecule has 0 saturated carbocycles. The summed E-state index contributed by atoms with van der Waals surface area (Å²) >= 11 is 1.80. The normalized spacial score (nSPS) is 32.4. The predicted octanol–water partition coefficient (Wildman–Crippen LogP) is 1.89. The maximum atomic E-state index is 12.4. The number of ether oxygens (including phenoxy) is 1. The van der Waals surface area contributed by atoms with Crippen LogP contribution < -0.4 is 0 Å². The Morgan fingerprint density at radius 2 is 2.36 bits per heavy atom. The van der Waals surface area contributed by atoms with E-state index in [1.807, 2.05) is 0 Å². The summed E-state index contributed by atoms with van der Waals surface area (Å²) in [6.45, 7) is 4.40. The fraction of sp³-hybridized carbons (Fsp3) is 0.688. The van der Waals surface area contributed by atoms with Crippen LogP contribution in [0.25, 0.3) is 0 Å². The van der Waals surface area contributed by atoms with E-state index in [0.717, 1.165) is 38.9 Å². The van der Waals surface area contributed by atoms with Crippen LogP contribution in [0, 0.1) is 5.92 Å². The summed E-state index contributed by atoms with van der Waals surface area (Å²) in [5.41, 5.74) is 0. The molecule has 1 aromatic rings. The van der Waals surface area contributed by atoms with Crippen molar-refractivity contribution in [3.8, 4) is 0 Å². The number of amides is 1. The first-order valence-electron chi connectivity index (χ1n) is 8.14. The predicted molar refractivity (Wildman–Crippen MR) is 83.3 cm³/mol. The molecule has 3 aliphatic heterocycles. The summed E-state index contributed by atoms with van der Waals surface area (Å²) in [6.07, 6.45) is 2.82. The number of likely N-dealkylation sites (tertiary alicyclic amines) is 1. The molecule has 4 heterocycles. The number of carbonyl (C=O) groups is 1. The monoisotopic (exact) mass is 322 g/mol. The molecule has 0 bridgehead atoms. The Morgan fingerprint density at radius 3 is 3.14 bits per heavy atom. The van der Waals surface area contributed by atoms with Gasteiger partial charge in [0.2, 0.25) is 0 Å². The topological polar surface area (TPSA) is 42.0 Å². The number of thiophene rings is 1. The van der Waals surface area contributed by atoms with Gasteiger partial charge < -0.3 is 4.74 Å². The molecule has 0 spiro atoms. The number of hydrogen-bond donors (Lipinski definition) is 0. The molecule has 0 N–H and O–H groups in total. The van der Waals surface area contributed by atoms with Gasteiger partial charge in [-0.25, -0.2) is 5.06 Å². The molecular weight excluding hydrogens is 300 g/mol. The zero-order chi connectivity index (χ0) is 14.9. The zero-order valence-electron chi connectivity index (χ0n) is 12.6. The van der Waals surface area contributed by atoms with Crippen LogP contribution in [0.15, 0.2) is 17.5 Å². The van der Waals surface area contributed by atoms with Gasteiger partial charge in [0.15, 0.2) is 0 Å². The molecule has 0 unspecified atom stereocenters. The number of hydroxylamine groups is 2. The quantitative estimate of drug-likeness (QED) is 0.852. The third kappa shape index (κ3) is 2.93. The van der Waals surface area contributed by atoms with Crippen molar-refractivity contribution in [2.24, 2.45) is 5.92 Å². The molecule has 120 valence electrons. The lowest BCUT2D eigenvalue weighted by Crippen LogP contribution is -2.42. The van der Waals surface area contributed by atoms with Crippen LogP contribution in [0.1, 0.15) is 24.1 Å². The lowest BCUT2D eigenvalue weighted by molar-refractivity contribution is -0.180. The lowest BCUT2D eigenvalue weighted by atomic mass is 9.91. The van der Waals surface area contributed by atoms with Crippen molar-refractivity contribution < 1.29 is 14.4 Å². The average molecular weight is 322 g/mol. The minimum atomic E-state index is -0.296. The summed E-state index contributed by atoms with van der Waals surface area (Å²) in [5, 5.41) is 3.63. The molecule has 0 aromatic carbocycles. The Bertz CT molecular complexity index is 515. The SMILES string of the molecule is O=C([C@@H]1C[C@H]2CCN(Cc3cccs3)C[C@@H]2O1)N1CCCO1. The van der Waals surface area contributed by atoms with Crippen molar-refractivity contribution in [2.45, 2.75) is 38.0 Å². The average Bonchev–Trinajstić information content (AvgIpc) is 3.27. The first-order chi connectivity index (χ1) is 10.8. The van der Waals surface area contributed by atoms with Crippen LogP contribution in [0.4, 0.5) is 0 Å². The molecule has 5 nitrogen and oxygen atoms in total. The van der Waals surface area contributed by atoms with Crippen LogP contribution in [-0.2, 0) is 20.9 Å². The van der Waals surface area contributed by atoms with Crippen LogP contribution in [0.2, 0.25) is 0 Å². The highest BCUT2D eigenvalue weighted by Crippen LogP contribution is 2.35. The maximum Gasteiger partial charge on any atom is 0.275 e. The van der Waals surface area contributed by atoms with Gasteiger partial charge in [-0.15, -0.1) is 11.3 Å². The van der Waals surface area contributed by atoms with Crippen molar-refractivity contribution in [3.05, 3.63) is 22.4 Å². The van der Waals surface area contributed by atoms with Crippen molar-refractivity contribution in [2.75, 3.05) is 26.2 Å². The molecule has 3 aliphatic rings. The molecule has 0 aliphatic carbocycles. The largest absolute Gasteiger partial charge is 0.363 e. The number of piperidine rings is 1. The summed E-state index contributed by atoms with van der Waals surface area (Å²) in [7, 11) is 0. The van der Waals surface area contributed by atoms with Gasteiger partial charge in [-0.05, 0) is 43.2 Å². The fourth-order valence-corrected chi connectivity index (χ4v) is 4.45. The first-order valence-corrected chi connectivity index (χ1v) is 9.02. The number of fused-ring (bicyclic) bond motifs is 1. The van der Waals surface area contributed by atoms with E-state index >= 15 is 0 Å². The highest BCUT2D eigenvalue weighted by molar-refractivity contribution is 7.09. The number of hydrogen-bond acceptors (Lipinski definition) is 5. The molecular formula is C16H22N2O3S. The molecule has 3 atom stereocenters. The van der Waals surface area contributed by atoms with Crippen LogP contribution in [-0.4, -0.2) is 54.3 Å². The summed E-state index contributed by atoms with van der Waals surface area (Å²) < 4.78 is 6.08. The zero-order valence-corrected chi connectivity index (χ0v) is 13.5. The fourth-order valence-electron chi connectivity index (χ4n) is 3.70. The molecule has 22 heavy (non-hydrogen) atoms. The Balaban J connectivity index is 1.34. The lowest BCUT2D eigenvalue weighted by Gasteiger charge is -2.33. The van der Waals surface area contributed by atoms with E-state index in [2.05, 4.69) is 22.4 Å². The molecule has 4 rings (SSSR count). The maximum absolute atomic E-state index is 12.4. The number of rotatable bonds is 3. The van der Waals surface area contributed by atoms with E-state index in [-0.39, 0.29) is 18.1 Å². The summed E-state index contributed by atoms with van der Waals surface area (Å²) in [5.74, 6) is 0.549. The van der Waals surface area contributed by atoms with Crippen LogP contribution in [0.3, 0.4) is 0 Å². The molecule has 1 amide bonds. The van der Waals surface area contributed by atoms with Gasteiger partial charge in [0.1, 0.15) is 6.10 Å². The second-order valence-corrected chi connectivity index (χ2v) is 7.42. The van der Waals surface area contributed by atoms with E-state index in [0.29, 0.717) is 19.1 Å². The first kappa shape index (κ1) is 14.6. The molecule has 6 heteroatoms. The van der Waals surface area contributed by atoms with Crippen molar-refractivity contribution in [1.29, 1.82) is 0 Å². The minimum absolute atomic E-state index is 0.0247. The standard InChI is InChI=1S/C16H22N2O3S/c19-16(18-5-2-7-20-18)14-9-12-4-6-17(11-15(12)21-14)10-13-3-1-8-22-13/h1,3,8,12,14-15H,2,4-7,9-11H2/t12-,14+,15+/m1/s1. The van der Waals surface area contributed by atoms with E-state index in [9.17, 15) is 4.79 Å². The number of nitrogens with zero attached hydrogens (tertiary/aromatic N) is 2. The summed E-state index contributed by atoms with van der Waals surface area (Å²) in [6, 6.07) is 4.28. The Hall–Kier alpha value is -0.950. The van der Waals surface area contributed by atoms with E-state index in [1.54, 1.807) is 11.3 Å². The van der Waals surface area contributed by atoms with Crippen molar-refractivity contribution >= 4 is 17.2 Å². The molecule has 3 saturated heterocycles. The Morgan fingerprint density at radius 1 is 1.41 bits per heavy atom. The van der Waals surface area contributed by atoms with Crippen molar-refractivity contribution in [1.82, 2.24) is 9.96 Å². The second kappa shape index (κ2) is 6.28. The van der Waals surface area contributed by atoms with Gasteiger partial charge in [0.05, 0.1) is 19.3 Å². The van der Waals surface area contributed by atoms with Gasteiger partial charge in [-0.3, -0.25) is 14.5 Å². The van der Waals surface area contributed by atoms with E-state index in [1.165, 1.54) is 9.94 Å². The van der Waals surface area contributed by atoms with Gasteiger partial charge >= 0.3 is 0 Å². The van der Waals surface area contributed by atoms with E-state index < -0.39 is 0 Å². The van der Waals surface area contributed by atoms with Gasteiger partial charge in [0, 0.05) is 18.0 Å². The Kier molecular flexibility index (Phi) is 4.17. The summed E-state index contributed by atoms with van der Waals surface area (Å²) in [4.78, 5) is 21.6. The third-order valence-corrected chi connectivity index (χ3v) is 5.73. The Labute approximate surface area is 134 Å².